The molecule has 0 unspecified atom stereocenters. The number of hydrogen-bond donors (Lipinski definition) is 1. The average molecular weight is 493 g/mol. The molecule has 1 fully saturated rings. The van der Waals surface area contributed by atoms with Crippen molar-refractivity contribution < 1.29 is 9.90 Å². The molecule has 5 rings (SSSR count). The third-order valence-corrected chi connectivity index (χ3v) is 7.10. The van der Waals surface area contributed by atoms with Crippen LogP contribution in [0.15, 0.2) is 85.2 Å². The smallest absolute Gasteiger partial charge is 0.245 e. The van der Waals surface area contributed by atoms with Crippen molar-refractivity contribution in [2.45, 2.75) is 39.3 Å². The van der Waals surface area contributed by atoms with E-state index in [-0.39, 0.29) is 17.7 Å². The number of amides is 1. The van der Waals surface area contributed by atoms with E-state index in [1.54, 1.807) is 18.5 Å². The number of hydrogen-bond acceptors (Lipinski definition) is 5. The molecule has 3 heterocycles. The molecular formula is C31H32N4O2. The van der Waals surface area contributed by atoms with E-state index >= 15 is 0 Å². The highest BCUT2D eigenvalue weighted by Gasteiger charge is 2.34. The van der Waals surface area contributed by atoms with E-state index in [1.807, 2.05) is 60.4 Å². The Morgan fingerprint density at radius 1 is 1.03 bits per heavy atom. The van der Waals surface area contributed by atoms with Crippen LogP contribution < -0.4 is 4.90 Å². The summed E-state index contributed by atoms with van der Waals surface area (Å²) in [5.41, 5.74) is 5.72. The van der Waals surface area contributed by atoms with Crippen LogP contribution in [0.2, 0.25) is 0 Å². The minimum Gasteiger partial charge on any atom is -0.507 e. The lowest BCUT2D eigenvalue weighted by Gasteiger charge is -2.31. The van der Waals surface area contributed by atoms with E-state index in [9.17, 15) is 9.90 Å². The molecule has 0 saturated carbocycles. The maximum atomic E-state index is 13.8. The third-order valence-electron chi connectivity index (χ3n) is 7.10. The number of nitrogens with zero attached hydrogens (tertiary/aromatic N) is 4. The molecule has 0 radical (unpaired) electrons. The molecule has 1 aliphatic heterocycles. The van der Waals surface area contributed by atoms with Gasteiger partial charge in [0.1, 0.15) is 17.6 Å². The number of rotatable bonds is 7. The summed E-state index contributed by atoms with van der Waals surface area (Å²) < 4.78 is 0. The second kappa shape index (κ2) is 10.8. The normalized spacial score (nSPS) is 15.1. The standard InChI is InChI=1S/C31H32N4O2/c1-3-34(21-23-14-16-32-17-15-23)31(37)28-12-8-18-35(28)30-20-24(25-10-5-4-9-22(25)2)19-27(33-30)26-11-6-7-13-29(26)36/h4-7,9-11,13-17,19-20,28,36H,3,8,12,18,21H2,1-2H3/t28-/m0/s1. The minimum atomic E-state index is -0.279. The Morgan fingerprint density at radius 3 is 2.49 bits per heavy atom. The lowest BCUT2D eigenvalue weighted by molar-refractivity contribution is -0.132. The van der Waals surface area contributed by atoms with Gasteiger partial charge in [-0.3, -0.25) is 9.78 Å². The number of carbonyl (C=O) groups is 1. The molecule has 6 heteroatoms. The maximum Gasteiger partial charge on any atom is 0.245 e. The number of pyridine rings is 2. The Hall–Kier alpha value is -4.19. The molecule has 1 aliphatic rings. The summed E-state index contributed by atoms with van der Waals surface area (Å²) in [6.45, 7) is 6.06. The van der Waals surface area contributed by atoms with Crippen molar-refractivity contribution >= 4 is 11.7 Å². The summed E-state index contributed by atoms with van der Waals surface area (Å²) in [5.74, 6) is 1.06. The van der Waals surface area contributed by atoms with Crippen molar-refractivity contribution in [2.24, 2.45) is 0 Å². The fourth-order valence-electron chi connectivity index (χ4n) is 5.11. The fraction of sp³-hybridized carbons (Fsp3) is 0.258. The van der Waals surface area contributed by atoms with E-state index in [1.165, 1.54) is 0 Å². The Labute approximate surface area is 218 Å². The van der Waals surface area contributed by atoms with E-state index in [0.29, 0.717) is 24.3 Å². The zero-order chi connectivity index (χ0) is 25.8. The zero-order valence-corrected chi connectivity index (χ0v) is 21.3. The van der Waals surface area contributed by atoms with Gasteiger partial charge in [-0.25, -0.2) is 4.98 Å². The first kappa shape index (κ1) is 24.5. The van der Waals surface area contributed by atoms with Gasteiger partial charge in [0, 0.05) is 37.6 Å². The minimum absolute atomic E-state index is 0.115. The number of para-hydroxylation sites is 1. The van der Waals surface area contributed by atoms with Crippen LogP contribution in [0.25, 0.3) is 22.4 Å². The van der Waals surface area contributed by atoms with Gasteiger partial charge < -0.3 is 14.9 Å². The van der Waals surface area contributed by atoms with Crippen molar-refractivity contribution in [3.8, 4) is 28.1 Å². The van der Waals surface area contributed by atoms with Crippen molar-refractivity contribution in [3.05, 3.63) is 96.3 Å². The summed E-state index contributed by atoms with van der Waals surface area (Å²) in [4.78, 5) is 26.9. The summed E-state index contributed by atoms with van der Waals surface area (Å²) in [6.07, 6.45) is 5.23. The zero-order valence-electron chi connectivity index (χ0n) is 21.3. The molecule has 1 saturated heterocycles. The predicted molar refractivity (Wildman–Crippen MR) is 147 cm³/mol. The SMILES string of the molecule is CCN(Cc1ccncc1)C(=O)[C@@H]1CCCN1c1cc(-c2ccccc2C)cc(-c2ccccc2O)n1. The molecule has 2 aromatic carbocycles. The third kappa shape index (κ3) is 5.19. The van der Waals surface area contributed by atoms with Gasteiger partial charge in [-0.05, 0) is 85.3 Å². The van der Waals surface area contributed by atoms with Crippen LogP contribution in [-0.2, 0) is 11.3 Å². The van der Waals surface area contributed by atoms with Crippen LogP contribution in [0.3, 0.4) is 0 Å². The topological polar surface area (TPSA) is 69.6 Å². The highest BCUT2D eigenvalue weighted by molar-refractivity contribution is 5.86. The number of aryl methyl sites for hydroxylation is 1. The molecular weight excluding hydrogens is 460 g/mol. The van der Waals surface area contributed by atoms with E-state index in [4.69, 9.17) is 4.98 Å². The second-order valence-electron chi connectivity index (χ2n) is 9.49. The Bertz CT molecular complexity index is 1330. The molecule has 37 heavy (non-hydrogen) atoms. The number of likely N-dealkylation sites (N-methyl/N-ethyl adjacent to an activating group) is 1. The van der Waals surface area contributed by atoms with Crippen LogP contribution in [0, 0.1) is 6.92 Å². The summed E-state index contributed by atoms with van der Waals surface area (Å²) in [7, 11) is 0. The molecule has 0 aliphatic carbocycles. The second-order valence-corrected chi connectivity index (χ2v) is 9.49. The lowest BCUT2D eigenvalue weighted by atomic mass is 9.98. The molecule has 6 nitrogen and oxygen atoms in total. The van der Waals surface area contributed by atoms with Crippen molar-refractivity contribution in [2.75, 3.05) is 18.0 Å². The number of carbonyl (C=O) groups excluding carboxylic acids is 1. The van der Waals surface area contributed by atoms with Crippen LogP contribution >= 0.6 is 0 Å². The van der Waals surface area contributed by atoms with Crippen molar-refractivity contribution in [3.63, 3.8) is 0 Å². The Balaban J connectivity index is 1.54. The first-order chi connectivity index (χ1) is 18.0. The van der Waals surface area contributed by atoms with Crippen molar-refractivity contribution in [1.82, 2.24) is 14.9 Å². The van der Waals surface area contributed by atoms with Gasteiger partial charge in [-0.15, -0.1) is 0 Å². The van der Waals surface area contributed by atoms with E-state index in [0.717, 1.165) is 47.5 Å². The van der Waals surface area contributed by atoms with Gasteiger partial charge in [0.2, 0.25) is 5.91 Å². The molecule has 2 aromatic heterocycles. The summed E-state index contributed by atoms with van der Waals surface area (Å²) in [6, 6.07) is 23.2. The summed E-state index contributed by atoms with van der Waals surface area (Å²) >= 11 is 0. The fourth-order valence-corrected chi connectivity index (χ4v) is 5.11. The van der Waals surface area contributed by atoms with Gasteiger partial charge in [0.15, 0.2) is 0 Å². The quantitative estimate of drug-likeness (QED) is 0.351. The van der Waals surface area contributed by atoms with Crippen LogP contribution in [0.4, 0.5) is 5.82 Å². The molecule has 1 amide bonds. The average Bonchev–Trinajstić information content (AvgIpc) is 3.42. The van der Waals surface area contributed by atoms with Crippen LogP contribution in [-0.4, -0.2) is 45.0 Å². The molecule has 0 spiro atoms. The van der Waals surface area contributed by atoms with Crippen molar-refractivity contribution in [1.29, 1.82) is 0 Å². The Morgan fingerprint density at radius 2 is 1.76 bits per heavy atom. The van der Waals surface area contributed by atoms with Gasteiger partial charge in [0.05, 0.1) is 5.69 Å². The van der Waals surface area contributed by atoms with Gasteiger partial charge in [-0.1, -0.05) is 36.4 Å². The first-order valence-electron chi connectivity index (χ1n) is 12.9. The predicted octanol–water partition coefficient (Wildman–Crippen LogP) is 5.84. The van der Waals surface area contributed by atoms with Crippen LogP contribution in [0.5, 0.6) is 5.75 Å². The number of phenols is 1. The van der Waals surface area contributed by atoms with E-state index < -0.39 is 0 Å². The lowest BCUT2D eigenvalue weighted by Crippen LogP contribution is -2.45. The highest BCUT2D eigenvalue weighted by atomic mass is 16.3. The van der Waals surface area contributed by atoms with Gasteiger partial charge in [0.25, 0.3) is 0 Å². The molecule has 0 bridgehead atoms. The number of aromatic hydroxyl groups is 1. The molecule has 1 atom stereocenters. The van der Waals surface area contributed by atoms with E-state index in [2.05, 4.69) is 35.0 Å². The maximum absolute atomic E-state index is 13.8. The molecule has 188 valence electrons. The van der Waals surface area contributed by atoms with Gasteiger partial charge in [-0.2, -0.15) is 0 Å². The number of aromatic nitrogens is 2. The number of anilines is 1. The largest absolute Gasteiger partial charge is 0.507 e. The molecule has 1 N–H and O–H groups in total. The van der Waals surface area contributed by atoms with Crippen LogP contribution in [0.1, 0.15) is 30.9 Å². The summed E-state index contributed by atoms with van der Waals surface area (Å²) in [5, 5.41) is 10.6. The highest BCUT2D eigenvalue weighted by Crippen LogP contribution is 2.36. The monoisotopic (exact) mass is 492 g/mol. The number of benzene rings is 2. The van der Waals surface area contributed by atoms with Gasteiger partial charge >= 0.3 is 0 Å². The molecule has 4 aromatic rings. The number of phenolic OH excluding ortho intramolecular Hbond substituents is 1. The Kier molecular flexibility index (Phi) is 7.17. The first-order valence-corrected chi connectivity index (χ1v) is 12.9.